The first-order valence-corrected chi connectivity index (χ1v) is 6.59. The molecule has 3 N–H and O–H groups in total. The third-order valence-corrected chi connectivity index (χ3v) is 3.10. The standard InChI is InChI=1S/C16H19N3O2/c1-19(15-6-4-3-5-14(15)17)11-16(20)18-12-7-9-13(21-2)10-8-12/h3-10H,11,17H2,1-2H3,(H,18,20). The van der Waals surface area contributed by atoms with Crippen LogP contribution in [-0.4, -0.2) is 26.6 Å². The summed E-state index contributed by atoms with van der Waals surface area (Å²) < 4.78 is 5.07. The van der Waals surface area contributed by atoms with Gasteiger partial charge < -0.3 is 20.7 Å². The second-order valence-electron chi connectivity index (χ2n) is 4.69. The maximum atomic E-state index is 12.0. The van der Waals surface area contributed by atoms with E-state index in [1.165, 1.54) is 0 Å². The molecule has 2 rings (SSSR count). The number of carbonyl (C=O) groups excluding carboxylic acids is 1. The summed E-state index contributed by atoms with van der Waals surface area (Å²) in [6.07, 6.45) is 0. The molecule has 2 aromatic rings. The first kappa shape index (κ1) is 14.7. The molecule has 0 heterocycles. The van der Waals surface area contributed by atoms with E-state index in [1.54, 1.807) is 31.4 Å². The Balaban J connectivity index is 1.96. The van der Waals surface area contributed by atoms with Crippen LogP contribution >= 0.6 is 0 Å². The van der Waals surface area contributed by atoms with Gasteiger partial charge in [0.05, 0.1) is 25.0 Å². The molecule has 0 saturated carbocycles. The monoisotopic (exact) mass is 285 g/mol. The first-order valence-electron chi connectivity index (χ1n) is 6.59. The van der Waals surface area contributed by atoms with Crippen LogP contribution in [0.25, 0.3) is 0 Å². The van der Waals surface area contributed by atoms with Crippen molar-refractivity contribution < 1.29 is 9.53 Å². The van der Waals surface area contributed by atoms with E-state index in [9.17, 15) is 4.79 Å². The van der Waals surface area contributed by atoms with Crippen molar-refractivity contribution in [3.8, 4) is 5.75 Å². The molecule has 0 aliphatic heterocycles. The number of nitrogens with one attached hydrogen (secondary N) is 1. The Labute approximate surface area is 124 Å². The summed E-state index contributed by atoms with van der Waals surface area (Å²) in [6, 6.07) is 14.7. The van der Waals surface area contributed by atoms with Crippen LogP contribution in [-0.2, 0) is 4.79 Å². The number of rotatable bonds is 5. The Kier molecular flexibility index (Phi) is 4.66. The van der Waals surface area contributed by atoms with E-state index in [0.29, 0.717) is 5.69 Å². The second kappa shape index (κ2) is 6.65. The van der Waals surface area contributed by atoms with E-state index >= 15 is 0 Å². The number of ether oxygens (including phenoxy) is 1. The van der Waals surface area contributed by atoms with Gasteiger partial charge in [-0.15, -0.1) is 0 Å². The lowest BCUT2D eigenvalue weighted by Gasteiger charge is -2.20. The molecule has 5 heteroatoms. The second-order valence-corrected chi connectivity index (χ2v) is 4.69. The number of hydrogen-bond acceptors (Lipinski definition) is 4. The molecule has 0 bridgehead atoms. The average Bonchev–Trinajstić information content (AvgIpc) is 2.48. The largest absolute Gasteiger partial charge is 0.497 e. The Morgan fingerprint density at radius 2 is 1.86 bits per heavy atom. The zero-order chi connectivity index (χ0) is 15.2. The normalized spacial score (nSPS) is 10.0. The molecule has 0 aliphatic carbocycles. The lowest BCUT2D eigenvalue weighted by Crippen LogP contribution is -2.30. The predicted molar refractivity (Wildman–Crippen MR) is 85.7 cm³/mol. The molecule has 0 saturated heterocycles. The van der Waals surface area contributed by atoms with Crippen LogP contribution < -0.4 is 20.7 Å². The molecule has 0 fully saturated rings. The Morgan fingerprint density at radius 3 is 2.48 bits per heavy atom. The number of anilines is 3. The van der Waals surface area contributed by atoms with Crippen molar-refractivity contribution in [2.75, 3.05) is 36.7 Å². The summed E-state index contributed by atoms with van der Waals surface area (Å²) in [4.78, 5) is 13.9. The van der Waals surface area contributed by atoms with Gasteiger partial charge >= 0.3 is 0 Å². The van der Waals surface area contributed by atoms with Crippen molar-refractivity contribution in [1.82, 2.24) is 0 Å². The van der Waals surface area contributed by atoms with Gasteiger partial charge in [0.1, 0.15) is 5.75 Å². The van der Waals surface area contributed by atoms with Crippen molar-refractivity contribution >= 4 is 23.0 Å². The molecule has 0 spiro atoms. The number of nitrogens with two attached hydrogens (primary N) is 1. The summed E-state index contributed by atoms with van der Waals surface area (Å²) in [5, 5.41) is 2.84. The summed E-state index contributed by atoms with van der Waals surface area (Å²) >= 11 is 0. The molecule has 2 aromatic carbocycles. The molecule has 110 valence electrons. The molecule has 1 amide bonds. The van der Waals surface area contributed by atoms with Crippen molar-refractivity contribution in [3.05, 3.63) is 48.5 Å². The molecule has 0 unspecified atom stereocenters. The fraction of sp³-hybridized carbons (Fsp3) is 0.188. The predicted octanol–water partition coefficient (Wildman–Crippen LogP) is 2.35. The fourth-order valence-electron chi connectivity index (χ4n) is 2.01. The lowest BCUT2D eigenvalue weighted by atomic mass is 10.2. The van der Waals surface area contributed by atoms with E-state index < -0.39 is 0 Å². The first-order chi connectivity index (χ1) is 10.1. The zero-order valence-corrected chi connectivity index (χ0v) is 12.2. The molecule has 0 aliphatic rings. The maximum absolute atomic E-state index is 12.0. The van der Waals surface area contributed by atoms with Gasteiger partial charge in [-0.2, -0.15) is 0 Å². The summed E-state index contributed by atoms with van der Waals surface area (Å²) in [5.41, 5.74) is 8.11. The molecule has 0 radical (unpaired) electrons. The van der Waals surface area contributed by atoms with Gasteiger partial charge in [-0.05, 0) is 36.4 Å². The number of amides is 1. The number of para-hydroxylation sites is 2. The summed E-state index contributed by atoms with van der Waals surface area (Å²) in [5.74, 6) is 0.646. The fourth-order valence-corrected chi connectivity index (χ4v) is 2.01. The van der Waals surface area contributed by atoms with Crippen LogP contribution in [0.2, 0.25) is 0 Å². The highest BCUT2D eigenvalue weighted by Crippen LogP contribution is 2.21. The van der Waals surface area contributed by atoms with Crippen LogP contribution in [0, 0.1) is 0 Å². The minimum Gasteiger partial charge on any atom is -0.497 e. The molecule has 21 heavy (non-hydrogen) atoms. The van der Waals surface area contributed by atoms with Crippen LogP contribution in [0.4, 0.5) is 17.1 Å². The third kappa shape index (κ3) is 3.89. The highest BCUT2D eigenvalue weighted by molar-refractivity contribution is 5.94. The summed E-state index contributed by atoms with van der Waals surface area (Å²) in [7, 11) is 3.44. The topological polar surface area (TPSA) is 67.6 Å². The Morgan fingerprint density at radius 1 is 1.19 bits per heavy atom. The van der Waals surface area contributed by atoms with Crippen molar-refractivity contribution in [2.45, 2.75) is 0 Å². The van der Waals surface area contributed by atoms with E-state index in [4.69, 9.17) is 10.5 Å². The Hall–Kier alpha value is -2.69. The Bertz CT molecular complexity index is 611. The van der Waals surface area contributed by atoms with Gasteiger partial charge in [0.25, 0.3) is 0 Å². The van der Waals surface area contributed by atoms with Crippen LogP contribution in [0.15, 0.2) is 48.5 Å². The quantitative estimate of drug-likeness (QED) is 0.828. The van der Waals surface area contributed by atoms with Crippen LogP contribution in [0.5, 0.6) is 5.75 Å². The zero-order valence-electron chi connectivity index (χ0n) is 12.2. The average molecular weight is 285 g/mol. The maximum Gasteiger partial charge on any atom is 0.243 e. The number of nitrogen functional groups attached to an aromatic ring is 1. The van der Waals surface area contributed by atoms with Gasteiger partial charge in [0.15, 0.2) is 0 Å². The highest BCUT2D eigenvalue weighted by atomic mass is 16.5. The third-order valence-electron chi connectivity index (χ3n) is 3.10. The van der Waals surface area contributed by atoms with Crippen LogP contribution in [0.1, 0.15) is 0 Å². The number of likely N-dealkylation sites (N-methyl/N-ethyl adjacent to an activating group) is 1. The number of benzene rings is 2. The van der Waals surface area contributed by atoms with E-state index in [-0.39, 0.29) is 12.5 Å². The molecule has 5 nitrogen and oxygen atoms in total. The minimum absolute atomic E-state index is 0.106. The van der Waals surface area contributed by atoms with Gasteiger partial charge in [0.2, 0.25) is 5.91 Å². The summed E-state index contributed by atoms with van der Waals surface area (Å²) in [6.45, 7) is 0.222. The van der Waals surface area contributed by atoms with Crippen molar-refractivity contribution in [2.24, 2.45) is 0 Å². The molecule has 0 aromatic heterocycles. The highest BCUT2D eigenvalue weighted by Gasteiger charge is 2.09. The van der Waals surface area contributed by atoms with Crippen LogP contribution in [0.3, 0.4) is 0 Å². The molecular formula is C16H19N3O2. The number of hydrogen-bond donors (Lipinski definition) is 2. The van der Waals surface area contributed by atoms with Gasteiger partial charge in [-0.1, -0.05) is 12.1 Å². The number of carbonyl (C=O) groups is 1. The molecular weight excluding hydrogens is 266 g/mol. The SMILES string of the molecule is COc1ccc(NC(=O)CN(C)c2ccccc2N)cc1. The number of nitrogens with zero attached hydrogens (tertiary/aromatic N) is 1. The van der Waals surface area contributed by atoms with E-state index in [0.717, 1.165) is 17.1 Å². The van der Waals surface area contributed by atoms with E-state index in [2.05, 4.69) is 5.32 Å². The lowest BCUT2D eigenvalue weighted by molar-refractivity contribution is -0.114. The van der Waals surface area contributed by atoms with Crippen molar-refractivity contribution in [1.29, 1.82) is 0 Å². The number of methoxy groups -OCH3 is 1. The van der Waals surface area contributed by atoms with Gasteiger partial charge in [-0.3, -0.25) is 4.79 Å². The van der Waals surface area contributed by atoms with Gasteiger partial charge in [0, 0.05) is 12.7 Å². The van der Waals surface area contributed by atoms with Crippen molar-refractivity contribution in [3.63, 3.8) is 0 Å². The van der Waals surface area contributed by atoms with Gasteiger partial charge in [-0.25, -0.2) is 0 Å². The minimum atomic E-state index is -0.106. The smallest absolute Gasteiger partial charge is 0.243 e. The molecule has 0 atom stereocenters. The van der Waals surface area contributed by atoms with E-state index in [1.807, 2.05) is 36.2 Å².